The summed E-state index contributed by atoms with van der Waals surface area (Å²) >= 11 is 0. The van der Waals surface area contributed by atoms with Crippen molar-refractivity contribution < 1.29 is 4.42 Å². The summed E-state index contributed by atoms with van der Waals surface area (Å²) in [5.74, 6) is 0. The molecule has 4 heteroatoms. The van der Waals surface area contributed by atoms with Gasteiger partial charge in [0.1, 0.15) is 22.6 Å². The summed E-state index contributed by atoms with van der Waals surface area (Å²) in [5.41, 5.74) is 21.7. The van der Waals surface area contributed by atoms with Crippen molar-refractivity contribution in [2.75, 3.05) is 0 Å². The molecule has 1 aliphatic carbocycles. The van der Waals surface area contributed by atoms with Crippen molar-refractivity contribution in [2.45, 2.75) is 20.3 Å². The molecule has 1 aliphatic rings. The van der Waals surface area contributed by atoms with Crippen molar-refractivity contribution in [1.82, 2.24) is 15.4 Å². The number of rotatable bonds is 6. The largest absolute Gasteiger partial charge is 0.456 e. The molecule has 0 saturated heterocycles. The molecular weight excluding hydrogens is 707 g/mol. The smallest absolute Gasteiger partial charge is 0.136 e. The van der Waals surface area contributed by atoms with Gasteiger partial charge in [-0.25, -0.2) is 0 Å². The number of furan rings is 1. The highest BCUT2D eigenvalue weighted by Crippen LogP contribution is 2.51. The van der Waals surface area contributed by atoms with E-state index in [9.17, 15) is 0 Å². The average Bonchev–Trinajstić information content (AvgIpc) is 3.85. The van der Waals surface area contributed by atoms with Crippen LogP contribution in [0.2, 0.25) is 0 Å². The summed E-state index contributed by atoms with van der Waals surface area (Å²) in [5, 5.41) is 16.8. The van der Waals surface area contributed by atoms with Crippen molar-refractivity contribution in [1.29, 1.82) is 0 Å². The molecule has 2 heterocycles. The third-order valence-electron chi connectivity index (χ3n) is 12.0. The lowest BCUT2D eigenvalue weighted by Crippen LogP contribution is -2.05. The zero-order valence-corrected chi connectivity index (χ0v) is 32.2. The van der Waals surface area contributed by atoms with Crippen molar-refractivity contribution in [3.63, 3.8) is 0 Å². The monoisotopic (exact) mass is 743 g/mol. The Bertz CT molecular complexity index is 3220. The predicted molar refractivity (Wildman–Crippen MR) is 237 cm³/mol. The highest BCUT2D eigenvalue weighted by molar-refractivity contribution is 6.16. The van der Waals surface area contributed by atoms with Gasteiger partial charge in [-0.1, -0.05) is 164 Å². The lowest BCUT2D eigenvalue weighted by molar-refractivity contribution is 0.669. The van der Waals surface area contributed by atoms with E-state index < -0.39 is 0 Å². The molecule has 8 aromatic carbocycles. The summed E-state index contributed by atoms with van der Waals surface area (Å²) in [6.45, 7) is 4.43. The van der Waals surface area contributed by atoms with Gasteiger partial charge in [0.25, 0.3) is 0 Å². The Balaban J connectivity index is 1.27. The summed E-state index contributed by atoms with van der Waals surface area (Å²) in [6, 6.07) is 62.4. The first kappa shape index (κ1) is 33.9. The van der Waals surface area contributed by atoms with Crippen LogP contribution in [0.5, 0.6) is 0 Å². The van der Waals surface area contributed by atoms with Crippen LogP contribution in [0, 0.1) is 13.8 Å². The SMILES string of the molecule is Cc1cc2c(c(-c3nnnc(-c4cccc(-c5ccccc5-c5ccccc5)c4-c4cccc5oc6ccccc6c45)c3-c3ccccc3)c1C)Cc1ccccc1-2. The number of aromatic nitrogens is 3. The number of para-hydroxylation sites is 1. The molecule has 0 bridgehead atoms. The van der Waals surface area contributed by atoms with E-state index in [1.165, 1.54) is 33.4 Å². The molecule has 0 atom stereocenters. The zero-order chi connectivity index (χ0) is 38.7. The minimum absolute atomic E-state index is 0.778. The van der Waals surface area contributed by atoms with Crippen molar-refractivity contribution >= 4 is 21.9 Å². The first-order chi connectivity index (χ1) is 28.6. The molecule has 2 aromatic heterocycles. The van der Waals surface area contributed by atoms with E-state index in [1.54, 1.807) is 0 Å². The van der Waals surface area contributed by atoms with Crippen LogP contribution < -0.4 is 0 Å². The van der Waals surface area contributed by atoms with Crippen molar-refractivity contribution in [3.05, 3.63) is 198 Å². The van der Waals surface area contributed by atoms with E-state index in [0.717, 1.165) is 95.4 Å². The topological polar surface area (TPSA) is 51.8 Å². The average molecular weight is 744 g/mol. The van der Waals surface area contributed by atoms with Gasteiger partial charge in [0, 0.05) is 27.5 Å². The number of aryl methyl sites for hydroxylation is 1. The summed E-state index contributed by atoms with van der Waals surface area (Å²) in [6.07, 6.45) is 0.835. The Morgan fingerprint density at radius 3 is 1.86 bits per heavy atom. The highest BCUT2D eigenvalue weighted by Gasteiger charge is 2.30. The highest BCUT2D eigenvalue weighted by atomic mass is 16.3. The van der Waals surface area contributed by atoms with Gasteiger partial charge in [-0.2, -0.15) is 0 Å². The van der Waals surface area contributed by atoms with Gasteiger partial charge in [0.2, 0.25) is 0 Å². The van der Waals surface area contributed by atoms with Gasteiger partial charge in [-0.05, 0) is 110 Å². The Morgan fingerprint density at radius 1 is 0.431 bits per heavy atom. The summed E-state index contributed by atoms with van der Waals surface area (Å²) < 4.78 is 6.52. The number of nitrogens with zero attached hydrogens (tertiary/aromatic N) is 3. The third kappa shape index (κ3) is 5.33. The fourth-order valence-electron chi connectivity index (χ4n) is 9.24. The van der Waals surface area contributed by atoms with E-state index in [1.807, 2.05) is 12.1 Å². The van der Waals surface area contributed by atoms with E-state index in [0.29, 0.717) is 0 Å². The van der Waals surface area contributed by atoms with Crippen molar-refractivity contribution in [2.24, 2.45) is 0 Å². The number of fused-ring (bicyclic) bond motifs is 6. The molecule has 0 unspecified atom stereocenters. The standard InChI is InChI=1S/C54H37N3O/c1-33-31-45-39-23-10-9-21-37(39)32-46(45)49(34(33)2)54-50(36-19-7-4-8-20-36)53(55-57-56-54)44-28-15-26-41(40-24-12-11-22-38(40)35-17-5-3-6-18-35)51(44)43-27-16-30-48-52(43)42-25-13-14-29-47(42)58-48/h3-31H,32H2,1-2H3. The Morgan fingerprint density at radius 2 is 1.03 bits per heavy atom. The summed E-state index contributed by atoms with van der Waals surface area (Å²) in [4.78, 5) is 0. The van der Waals surface area contributed by atoms with Crippen LogP contribution in [0.4, 0.5) is 0 Å². The van der Waals surface area contributed by atoms with Crippen LogP contribution in [0.3, 0.4) is 0 Å². The molecule has 58 heavy (non-hydrogen) atoms. The van der Waals surface area contributed by atoms with Crippen LogP contribution in [-0.2, 0) is 6.42 Å². The van der Waals surface area contributed by atoms with Crippen LogP contribution in [-0.4, -0.2) is 15.4 Å². The molecule has 0 spiro atoms. The molecule has 0 saturated carbocycles. The van der Waals surface area contributed by atoms with Gasteiger partial charge in [-0.3, -0.25) is 0 Å². The second-order valence-corrected chi connectivity index (χ2v) is 15.2. The van der Waals surface area contributed by atoms with Gasteiger partial charge < -0.3 is 4.42 Å². The quantitative estimate of drug-likeness (QED) is 0.170. The maximum Gasteiger partial charge on any atom is 0.136 e. The molecule has 0 radical (unpaired) electrons. The van der Waals surface area contributed by atoms with E-state index in [4.69, 9.17) is 14.6 Å². The van der Waals surface area contributed by atoms with Gasteiger partial charge in [0.05, 0.1) is 0 Å². The van der Waals surface area contributed by atoms with Crippen LogP contribution in [0.15, 0.2) is 180 Å². The number of benzene rings is 8. The molecular formula is C54H37N3O. The predicted octanol–water partition coefficient (Wildman–Crippen LogP) is 14.0. The first-order valence-electron chi connectivity index (χ1n) is 19.8. The van der Waals surface area contributed by atoms with E-state index in [-0.39, 0.29) is 0 Å². The Labute approximate surface area is 337 Å². The molecule has 4 nitrogen and oxygen atoms in total. The van der Waals surface area contributed by atoms with Crippen LogP contribution in [0.1, 0.15) is 22.3 Å². The second kappa shape index (κ2) is 13.6. The molecule has 11 rings (SSSR count). The molecule has 0 N–H and O–H groups in total. The van der Waals surface area contributed by atoms with Crippen LogP contribution in [0.25, 0.3) is 100 Å². The molecule has 10 aromatic rings. The lowest BCUT2D eigenvalue weighted by Gasteiger charge is -2.22. The normalized spacial score (nSPS) is 11.9. The third-order valence-corrected chi connectivity index (χ3v) is 12.0. The van der Waals surface area contributed by atoms with Gasteiger partial charge in [-0.15, -0.1) is 10.2 Å². The van der Waals surface area contributed by atoms with Crippen LogP contribution >= 0.6 is 0 Å². The Hall–Kier alpha value is -7.43. The summed E-state index contributed by atoms with van der Waals surface area (Å²) in [7, 11) is 0. The van der Waals surface area contributed by atoms with Gasteiger partial charge in [0.15, 0.2) is 0 Å². The number of hydrogen-bond donors (Lipinski definition) is 0. The molecule has 0 fully saturated rings. The maximum absolute atomic E-state index is 6.52. The van der Waals surface area contributed by atoms with E-state index in [2.05, 4.69) is 183 Å². The Kier molecular flexibility index (Phi) is 7.97. The minimum atomic E-state index is 0.778. The molecule has 274 valence electrons. The second-order valence-electron chi connectivity index (χ2n) is 15.2. The van der Waals surface area contributed by atoms with Gasteiger partial charge >= 0.3 is 0 Å². The maximum atomic E-state index is 6.52. The molecule has 0 aliphatic heterocycles. The molecule has 0 amide bonds. The zero-order valence-electron chi connectivity index (χ0n) is 32.2. The van der Waals surface area contributed by atoms with E-state index >= 15 is 0 Å². The fourth-order valence-corrected chi connectivity index (χ4v) is 9.24. The fraction of sp³-hybridized carbons (Fsp3) is 0.0556. The first-order valence-corrected chi connectivity index (χ1v) is 19.8. The van der Waals surface area contributed by atoms with Crippen molar-refractivity contribution in [3.8, 4) is 78.1 Å². The minimum Gasteiger partial charge on any atom is -0.456 e. The lowest BCUT2D eigenvalue weighted by atomic mass is 9.82. The number of hydrogen-bond acceptors (Lipinski definition) is 4.